The van der Waals surface area contributed by atoms with Crippen LogP contribution in [-0.4, -0.2) is 10.1 Å². The molecule has 0 fully saturated rings. The van der Waals surface area contributed by atoms with E-state index in [2.05, 4.69) is 35.4 Å². The van der Waals surface area contributed by atoms with Gasteiger partial charge in [0.25, 0.3) is 0 Å². The van der Waals surface area contributed by atoms with Gasteiger partial charge < -0.3 is 10.4 Å². The van der Waals surface area contributed by atoms with E-state index in [9.17, 15) is 5.11 Å². The number of aromatic hydroxyl groups is 1. The third-order valence-corrected chi connectivity index (χ3v) is 4.54. The van der Waals surface area contributed by atoms with Crippen LogP contribution in [0.5, 0.6) is 5.75 Å². The quantitative estimate of drug-likeness (QED) is 0.901. The Morgan fingerprint density at radius 3 is 2.73 bits per heavy atom. The molecule has 1 heterocycles. The Morgan fingerprint density at radius 2 is 1.91 bits per heavy atom. The van der Waals surface area contributed by atoms with Gasteiger partial charge in [-0.1, -0.05) is 18.2 Å². The van der Waals surface area contributed by atoms with Gasteiger partial charge in [0, 0.05) is 18.3 Å². The minimum atomic E-state index is 0.244. The molecule has 22 heavy (non-hydrogen) atoms. The molecular formula is C19H24N2O. The Balaban J connectivity index is 1.69. The molecule has 0 amide bonds. The van der Waals surface area contributed by atoms with E-state index in [1.54, 1.807) is 6.07 Å². The van der Waals surface area contributed by atoms with Crippen molar-refractivity contribution in [2.75, 3.05) is 0 Å². The summed E-state index contributed by atoms with van der Waals surface area (Å²) in [6.45, 7) is 4.68. The molecule has 3 nitrogen and oxygen atoms in total. The van der Waals surface area contributed by atoms with Crippen molar-refractivity contribution in [3.8, 4) is 5.75 Å². The molecule has 0 saturated heterocycles. The van der Waals surface area contributed by atoms with E-state index in [4.69, 9.17) is 0 Å². The second-order valence-electron chi connectivity index (χ2n) is 6.26. The van der Waals surface area contributed by atoms with Gasteiger partial charge in [-0.2, -0.15) is 0 Å². The number of aromatic nitrogens is 1. The molecule has 1 atom stereocenters. The molecule has 2 aromatic rings. The lowest BCUT2D eigenvalue weighted by atomic mass is 9.89. The van der Waals surface area contributed by atoms with Crippen LogP contribution >= 0.6 is 0 Å². The highest BCUT2D eigenvalue weighted by molar-refractivity contribution is 5.35. The summed E-state index contributed by atoms with van der Waals surface area (Å²) in [6.07, 6.45) is 5.05. The smallest absolute Gasteiger partial charge is 0.138 e. The normalized spacial score (nSPS) is 15.4. The standard InChI is InChI=1S/C19H24N2O/c1-13-7-10-19(22)18(21-13)12-20-14(2)16-9-8-15-5-3-4-6-17(15)11-16/h7-11,14,20,22H,3-6,12H2,1-2H3. The minimum absolute atomic E-state index is 0.244. The molecular weight excluding hydrogens is 272 g/mol. The number of nitrogens with zero attached hydrogens (tertiary/aromatic N) is 1. The van der Waals surface area contributed by atoms with Crippen LogP contribution in [-0.2, 0) is 19.4 Å². The molecule has 1 aliphatic carbocycles. The third-order valence-electron chi connectivity index (χ3n) is 4.54. The first-order valence-electron chi connectivity index (χ1n) is 8.14. The van der Waals surface area contributed by atoms with Crippen LogP contribution in [0.3, 0.4) is 0 Å². The molecule has 3 rings (SSSR count). The molecule has 0 bridgehead atoms. The summed E-state index contributed by atoms with van der Waals surface area (Å²) in [4.78, 5) is 4.40. The molecule has 1 aromatic carbocycles. The van der Waals surface area contributed by atoms with Gasteiger partial charge in [0.1, 0.15) is 5.75 Å². The summed E-state index contributed by atoms with van der Waals surface area (Å²) in [5.41, 5.74) is 5.97. The van der Waals surface area contributed by atoms with Crippen molar-refractivity contribution in [3.63, 3.8) is 0 Å². The lowest BCUT2D eigenvalue weighted by Gasteiger charge is -2.20. The maximum atomic E-state index is 9.87. The Kier molecular flexibility index (Phi) is 4.44. The fraction of sp³-hybridized carbons (Fsp3) is 0.421. The number of benzene rings is 1. The molecule has 0 aliphatic heterocycles. The van der Waals surface area contributed by atoms with Crippen LogP contribution in [0.25, 0.3) is 0 Å². The average Bonchev–Trinajstić information content (AvgIpc) is 2.55. The van der Waals surface area contributed by atoms with Crippen LogP contribution in [0.1, 0.15) is 53.9 Å². The monoisotopic (exact) mass is 296 g/mol. The maximum absolute atomic E-state index is 9.87. The van der Waals surface area contributed by atoms with Gasteiger partial charge in [-0.05, 0) is 68.4 Å². The molecule has 116 valence electrons. The fourth-order valence-electron chi connectivity index (χ4n) is 3.12. The summed E-state index contributed by atoms with van der Waals surface area (Å²) in [6, 6.07) is 10.6. The number of nitrogens with one attached hydrogen (secondary N) is 1. The second-order valence-corrected chi connectivity index (χ2v) is 6.26. The van der Waals surface area contributed by atoms with Crippen LogP contribution in [0, 0.1) is 6.92 Å². The summed E-state index contributed by atoms with van der Waals surface area (Å²) in [5, 5.41) is 13.3. The average molecular weight is 296 g/mol. The topological polar surface area (TPSA) is 45.1 Å². The SMILES string of the molecule is Cc1ccc(O)c(CNC(C)c2ccc3c(c2)CCCC3)n1. The van der Waals surface area contributed by atoms with E-state index in [1.807, 2.05) is 13.0 Å². The van der Waals surface area contributed by atoms with E-state index < -0.39 is 0 Å². The van der Waals surface area contributed by atoms with Crippen LogP contribution in [0.15, 0.2) is 30.3 Å². The number of hydrogen-bond acceptors (Lipinski definition) is 3. The van der Waals surface area contributed by atoms with Gasteiger partial charge in [0.15, 0.2) is 0 Å². The van der Waals surface area contributed by atoms with Gasteiger partial charge in [-0.3, -0.25) is 4.98 Å². The van der Waals surface area contributed by atoms with Crippen LogP contribution in [0.4, 0.5) is 0 Å². The molecule has 1 aliphatic rings. The number of pyridine rings is 1. The molecule has 1 aromatic heterocycles. The molecule has 0 radical (unpaired) electrons. The van der Waals surface area contributed by atoms with Crippen molar-refractivity contribution in [1.82, 2.24) is 10.3 Å². The minimum Gasteiger partial charge on any atom is -0.506 e. The molecule has 0 saturated carbocycles. The third kappa shape index (κ3) is 3.30. The molecule has 0 spiro atoms. The number of aryl methyl sites for hydroxylation is 3. The molecule has 2 N–H and O–H groups in total. The first kappa shape index (κ1) is 15.0. The van der Waals surface area contributed by atoms with Gasteiger partial charge in [0.2, 0.25) is 0 Å². The van der Waals surface area contributed by atoms with Crippen molar-refractivity contribution in [1.29, 1.82) is 0 Å². The van der Waals surface area contributed by atoms with Gasteiger partial charge >= 0.3 is 0 Å². The maximum Gasteiger partial charge on any atom is 0.138 e. The van der Waals surface area contributed by atoms with Crippen molar-refractivity contribution >= 4 is 0 Å². The van der Waals surface area contributed by atoms with Crippen LogP contribution in [0.2, 0.25) is 0 Å². The largest absolute Gasteiger partial charge is 0.506 e. The fourth-order valence-corrected chi connectivity index (χ4v) is 3.12. The van der Waals surface area contributed by atoms with Crippen molar-refractivity contribution < 1.29 is 5.11 Å². The zero-order valence-corrected chi connectivity index (χ0v) is 13.4. The van der Waals surface area contributed by atoms with E-state index in [-0.39, 0.29) is 11.8 Å². The zero-order chi connectivity index (χ0) is 15.5. The van der Waals surface area contributed by atoms with Gasteiger partial charge in [0.05, 0.1) is 5.69 Å². The Bertz CT molecular complexity index is 666. The summed E-state index contributed by atoms with van der Waals surface area (Å²) in [7, 11) is 0. The van der Waals surface area contributed by atoms with E-state index in [1.165, 1.54) is 42.4 Å². The summed E-state index contributed by atoms with van der Waals surface area (Å²) >= 11 is 0. The second kappa shape index (κ2) is 6.49. The zero-order valence-electron chi connectivity index (χ0n) is 13.4. The summed E-state index contributed by atoms with van der Waals surface area (Å²) < 4.78 is 0. The predicted octanol–water partition coefficient (Wildman–Crippen LogP) is 3.83. The number of rotatable bonds is 4. The lowest BCUT2D eigenvalue weighted by molar-refractivity contribution is 0.454. The van der Waals surface area contributed by atoms with Gasteiger partial charge in [-0.25, -0.2) is 0 Å². The lowest BCUT2D eigenvalue weighted by Crippen LogP contribution is -2.19. The highest BCUT2D eigenvalue weighted by Crippen LogP contribution is 2.25. The van der Waals surface area contributed by atoms with Crippen molar-refractivity contribution in [2.45, 2.75) is 52.1 Å². The number of fused-ring (bicyclic) bond motifs is 1. The molecule has 3 heteroatoms. The van der Waals surface area contributed by atoms with Crippen molar-refractivity contribution in [2.24, 2.45) is 0 Å². The van der Waals surface area contributed by atoms with E-state index in [0.29, 0.717) is 12.2 Å². The number of hydrogen-bond donors (Lipinski definition) is 2. The Labute approximate surface area is 132 Å². The van der Waals surface area contributed by atoms with E-state index in [0.717, 1.165) is 5.69 Å². The van der Waals surface area contributed by atoms with E-state index >= 15 is 0 Å². The first-order valence-corrected chi connectivity index (χ1v) is 8.14. The predicted molar refractivity (Wildman–Crippen MR) is 89.0 cm³/mol. The Morgan fingerprint density at radius 1 is 1.14 bits per heavy atom. The summed E-state index contributed by atoms with van der Waals surface area (Å²) in [5.74, 6) is 0.260. The highest BCUT2D eigenvalue weighted by atomic mass is 16.3. The van der Waals surface area contributed by atoms with Crippen LogP contribution < -0.4 is 5.32 Å². The Hall–Kier alpha value is -1.87. The molecule has 1 unspecified atom stereocenters. The first-order chi connectivity index (χ1) is 10.6. The van der Waals surface area contributed by atoms with Gasteiger partial charge in [-0.15, -0.1) is 0 Å². The highest BCUT2D eigenvalue weighted by Gasteiger charge is 2.13. The van der Waals surface area contributed by atoms with Crippen molar-refractivity contribution in [3.05, 3.63) is 58.4 Å².